The van der Waals surface area contributed by atoms with Crippen LogP contribution in [0.4, 0.5) is 4.79 Å². The quantitative estimate of drug-likeness (QED) is 0.461. The van der Waals surface area contributed by atoms with Crippen LogP contribution in [0.1, 0.15) is 11.3 Å². The van der Waals surface area contributed by atoms with E-state index in [9.17, 15) is 14.4 Å². The Balaban J connectivity index is 1.63. The van der Waals surface area contributed by atoms with Gasteiger partial charge in [-0.25, -0.2) is 4.79 Å². The number of carbonyl (C=O) groups is 3. The van der Waals surface area contributed by atoms with Crippen LogP contribution in [-0.4, -0.2) is 22.7 Å². The first-order chi connectivity index (χ1) is 14.4. The number of carbonyl (C=O) groups excluding carboxylic acids is 3. The predicted molar refractivity (Wildman–Crippen MR) is 113 cm³/mol. The number of urea groups is 1. The van der Waals surface area contributed by atoms with Crippen LogP contribution in [0.5, 0.6) is 0 Å². The molecule has 0 saturated carbocycles. The molecule has 1 N–H and O–H groups in total. The summed E-state index contributed by atoms with van der Waals surface area (Å²) in [6, 6.07) is 16.6. The molecule has 30 heavy (non-hydrogen) atoms. The number of hydrogen-bond donors (Lipinski definition) is 1. The zero-order valence-corrected chi connectivity index (χ0v) is 16.9. The van der Waals surface area contributed by atoms with Crippen molar-refractivity contribution in [3.8, 4) is 11.3 Å². The summed E-state index contributed by atoms with van der Waals surface area (Å²) in [5.74, 6) is -0.803. The Kier molecular flexibility index (Phi) is 5.44. The highest BCUT2D eigenvalue weighted by atomic mass is 35.5. The number of halogens is 2. The van der Waals surface area contributed by atoms with Gasteiger partial charge < -0.3 is 4.42 Å². The molecular formula is C22H14Cl2N2O4. The van der Waals surface area contributed by atoms with Gasteiger partial charge >= 0.3 is 6.03 Å². The first kappa shape index (κ1) is 19.9. The number of furan rings is 1. The minimum absolute atomic E-state index is 0.0393. The molecule has 1 aliphatic heterocycles. The zero-order chi connectivity index (χ0) is 21.3. The van der Waals surface area contributed by atoms with Crippen molar-refractivity contribution in [2.24, 2.45) is 0 Å². The SMILES string of the molecule is O=C1NC(=O)N(Cc2ccccc2)C(=O)/C1=C/c1ccc(-c2cccc(Cl)c2Cl)o1. The van der Waals surface area contributed by atoms with Gasteiger partial charge in [-0.05, 0) is 35.9 Å². The number of nitrogens with one attached hydrogen (secondary N) is 1. The van der Waals surface area contributed by atoms with Gasteiger partial charge in [0.25, 0.3) is 11.8 Å². The second kappa shape index (κ2) is 8.18. The summed E-state index contributed by atoms with van der Waals surface area (Å²) in [6.07, 6.45) is 1.30. The molecule has 4 amide bonds. The molecule has 2 aromatic carbocycles. The van der Waals surface area contributed by atoms with E-state index in [1.807, 2.05) is 6.07 Å². The number of barbiturate groups is 1. The molecule has 4 rings (SSSR count). The van der Waals surface area contributed by atoms with Gasteiger partial charge in [-0.2, -0.15) is 0 Å². The van der Waals surface area contributed by atoms with Crippen LogP contribution in [0.15, 0.2) is 70.7 Å². The van der Waals surface area contributed by atoms with Crippen LogP contribution in [0.2, 0.25) is 10.0 Å². The van der Waals surface area contributed by atoms with Crippen molar-refractivity contribution in [3.05, 3.63) is 87.6 Å². The van der Waals surface area contributed by atoms with Crippen molar-refractivity contribution in [1.29, 1.82) is 0 Å². The summed E-state index contributed by atoms with van der Waals surface area (Å²) in [7, 11) is 0. The van der Waals surface area contributed by atoms with Crippen molar-refractivity contribution in [1.82, 2.24) is 10.2 Å². The Labute approximate surface area is 181 Å². The number of amides is 4. The molecular weight excluding hydrogens is 427 g/mol. The molecule has 3 aromatic rings. The highest BCUT2D eigenvalue weighted by molar-refractivity contribution is 6.43. The summed E-state index contributed by atoms with van der Waals surface area (Å²) in [5, 5.41) is 2.89. The number of benzene rings is 2. The highest BCUT2D eigenvalue weighted by Crippen LogP contribution is 2.34. The van der Waals surface area contributed by atoms with Crippen molar-refractivity contribution in [2.75, 3.05) is 0 Å². The minimum Gasteiger partial charge on any atom is -0.457 e. The molecule has 8 heteroatoms. The van der Waals surface area contributed by atoms with Crippen LogP contribution in [0.3, 0.4) is 0 Å². The van der Waals surface area contributed by atoms with Crippen LogP contribution in [0.25, 0.3) is 17.4 Å². The van der Waals surface area contributed by atoms with Gasteiger partial charge in [-0.15, -0.1) is 0 Å². The number of imide groups is 2. The Morgan fingerprint density at radius 2 is 1.70 bits per heavy atom. The van der Waals surface area contributed by atoms with Gasteiger partial charge in [0.15, 0.2) is 0 Å². The monoisotopic (exact) mass is 440 g/mol. The fourth-order valence-electron chi connectivity index (χ4n) is 3.02. The van der Waals surface area contributed by atoms with Crippen molar-refractivity contribution in [3.63, 3.8) is 0 Å². The normalized spacial score (nSPS) is 15.6. The molecule has 1 aliphatic rings. The molecule has 6 nitrogen and oxygen atoms in total. The third-order valence-corrected chi connectivity index (χ3v) is 5.32. The van der Waals surface area contributed by atoms with E-state index in [4.69, 9.17) is 27.6 Å². The third-order valence-electron chi connectivity index (χ3n) is 4.50. The van der Waals surface area contributed by atoms with Gasteiger partial charge in [0.1, 0.15) is 17.1 Å². The lowest BCUT2D eigenvalue weighted by atomic mass is 10.1. The summed E-state index contributed by atoms with van der Waals surface area (Å²) in [5.41, 5.74) is 1.13. The molecule has 0 radical (unpaired) electrons. The smallest absolute Gasteiger partial charge is 0.331 e. The Hall–Kier alpha value is -3.35. The fourth-order valence-corrected chi connectivity index (χ4v) is 3.41. The molecule has 0 atom stereocenters. The maximum atomic E-state index is 12.8. The third kappa shape index (κ3) is 3.87. The summed E-state index contributed by atoms with van der Waals surface area (Å²) in [6.45, 7) is 0.0393. The predicted octanol–water partition coefficient (Wildman–Crippen LogP) is 4.92. The molecule has 1 saturated heterocycles. The molecule has 0 spiro atoms. The lowest BCUT2D eigenvalue weighted by molar-refractivity contribution is -0.130. The van der Waals surface area contributed by atoms with E-state index < -0.39 is 17.8 Å². The van der Waals surface area contributed by atoms with E-state index >= 15 is 0 Å². The molecule has 2 heterocycles. The zero-order valence-electron chi connectivity index (χ0n) is 15.4. The lowest BCUT2D eigenvalue weighted by Crippen LogP contribution is -2.53. The van der Waals surface area contributed by atoms with Crippen molar-refractivity contribution >= 4 is 47.1 Å². The van der Waals surface area contributed by atoms with Crippen molar-refractivity contribution in [2.45, 2.75) is 6.54 Å². The summed E-state index contributed by atoms with van der Waals surface area (Å²) < 4.78 is 5.73. The van der Waals surface area contributed by atoms with Gasteiger partial charge in [-0.3, -0.25) is 19.8 Å². The fraction of sp³-hybridized carbons (Fsp3) is 0.0455. The second-order valence-electron chi connectivity index (χ2n) is 6.50. The number of rotatable bonds is 4. The van der Waals surface area contributed by atoms with Gasteiger partial charge in [-0.1, -0.05) is 59.6 Å². The first-order valence-electron chi connectivity index (χ1n) is 8.91. The topological polar surface area (TPSA) is 79.6 Å². The molecule has 0 unspecified atom stereocenters. The van der Waals surface area contributed by atoms with E-state index in [2.05, 4.69) is 5.32 Å². The van der Waals surface area contributed by atoms with E-state index in [-0.39, 0.29) is 17.9 Å². The van der Waals surface area contributed by atoms with E-state index in [1.54, 1.807) is 54.6 Å². The average Bonchev–Trinajstić information content (AvgIpc) is 3.20. The van der Waals surface area contributed by atoms with Gasteiger partial charge in [0, 0.05) is 5.56 Å². The van der Waals surface area contributed by atoms with Crippen LogP contribution >= 0.6 is 23.2 Å². The lowest BCUT2D eigenvalue weighted by Gasteiger charge is -2.26. The van der Waals surface area contributed by atoms with Crippen LogP contribution < -0.4 is 5.32 Å². The van der Waals surface area contributed by atoms with E-state index in [1.165, 1.54) is 6.08 Å². The molecule has 0 aliphatic carbocycles. The molecule has 1 fully saturated rings. The van der Waals surface area contributed by atoms with Gasteiger partial charge in [0.05, 0.1) is 16.6 Å². The molecule has 0 bridgehead atoms. The minimum atomic E-state index is -0.784. The number of nitrogens with zero attached hydrogens (tertiary/aromatic N) is 1. The maximum absolute atomic E-state index is 12.8. The maximum Gasteiger partial charge on any atom is 0.331 e. The Morgan fingerprint density at radius 3 is 2.47 bits per heavy atom. The first-order valence-corrected chi connectivity index (χ1v) is 9.66. The van der Waals surface area contributed by atoms with Crippen molar-refractivity contribution < 1.29 is 18.8 Å². The van der Waals surface area contributed by atoms with E-state index in [0.29, 0.717) is 21.4 Å². The Morgan fingerprint density at radius 1 is 0.933 bits per heavy atom. The van der Waals surface area contributed by atoms with E-state index in [0.717, 1.165) is 10.5 Å². The largest absolute Gasteiger partial charge is 0.457 e. The number of hydrogen-bond acceptors (Lipinski definition) is 4. The molecule has 1 aromatic heterocycles. The average molecular weight is 441 g/mol. The molecule has 150 valence electrons. The standard InChI is InChI=1S/C22H14Cl2N2O4/c23-17-8-4-7-15(19(17)24)18-10-9-14(30-18)11-16-20(27)25-22(29)26(21(16)28)12-13-5-2-1-3-6-13/h1-11H,12H2,(H,25,27,29)/b16-11+. The van der Waals surface area contributed by atoms with Crippen LogP contribution in [-0.2, 0) is 16.1 Å². The highest BCUT2D eigenvalue weighted by Gasteiger charge is 2.36. The summed E-state index contributed by atoms with van der Waals surface area (Å²) in [4.78, 5) is 38.2. The summed E-state index contributed by atoms with van der Waals surface area (Å²) >= 11 is 12.3. The van der Waals surface area contributed by atoms with Gasteiger partial charge in [0.2, 0.25) is 0 Å². The van der Waals surface area contributed by atoms with Crippen LogP contribution in [0, 0.1) is 0 Å². The second-order valence-corrected chi connectivity index (χ2v) is 7.28. The Bertz CT molecular complexity index is 1180.